The van der Waals surface area contributed by atoms with Crippen molar-refractivity contribution >= 4 is 17.7 Å². The molecule has 2 N–H and O–H groups in total. The van der Waals surface area contributed by atoms with Gasteiger partial charge in [0, 0.05) is 31.7 Å². The molecule has 2 aliphatic heterocycles. The first-order valence-electron chi connectivity index (χ1n) is 9.21. The summed E-state index contributed by atoms with van der Waals surface area (Å²) in [5.41, 5.74) is 1.88. The topological polar surface area (TPSA) is 72.9 Å². The summed E-state index contributed by atoms with van der Waals surface area (Å²) in [7, 11) is 0. The molecule has 2 heterocycles. The maximum Gasteiger partial charge on any atom is 0.324 e. The van der Waals surface area contributed by atoms with Crippen LogP contribution in [0.1, 0.15) is 31.2 Å². The number of piperidine rings is 1. The number of benzene rings is 1. The number of aliphatic carboxylic acids is 1. The number of carboxylic acid groups (broad SMARTS) is 1. The predicted molar refractivity (Wildman–Crippen MR) is 96.9 cm³/mol. The van der Waals surface area contributed by atoms with Crippen molar-refractivity contribution in [3.05, 3.63) is 29.8 Å². The number of carbonyl (C=O) groups excluding carboxylic acids is 1. The lowest BCUT2D eigenvalue weighted by Crippen LogP contribution is -2.34. The molecular weight excluding hydrogens is 318 g/mol. The molecule has 25 heavy (non-hydrogen) atoms. The van der Waals surface area contributed by atoms with E-state index in [2.05, 4.69) is 5.32 Å². The van der Waals surface area contributed by atoms with Gasteiger partial charge in [-0.1, -0.05) is 12.1 Å². The standard InChI is InChI=1S/C19H27N3O3/c23-18(24)6-3-15-1-4-17(5-2-15)22-14-13-21(19(22)25)12-9-16-7-10-20-11-8-16/h1-2,4-5,16,20H,3,6-14H2,(H,23,24). The van der Waals surface area contributed by atoms with E-state index in [0.29, 0.717) is 6.42 Å². The Hall–Kier alpha value is -2.08. The Balaban J connectivity index is 1.51. The number of carbonyl (C=O) groups is 2. The van der Waals surface area contributed by atoms with Gasteiger partial charge in [0.1, 0.15) is 0 Å². The lowest BCUT2D eigenvalue weighted by molar-refractivity contribution is -0.136. The summed E-state index contributed by atoms with van der Waals surface area (Å²) < 4.78 is 0. The van der Waals surface area contributed by atoms with Crippen molar-refractivity contribution in [3.8, 4) is 0 Å². The van der Waals surface area contributed by atoms with Crippen LogP contribution in [0.2, 0.25) is 0 Å². The molecule has 2 saturated heterocycles. The molecular formula is C19H27N3O3. The third-order valence-corrected chi connectivity index (χ3v) is 5.24. The van der Waals surface area contributed by atoms with Gasteiger partial charge in [0.25, 0.3) is 0 Å². The largest absolute Gasteiger partial charge is 0.481 e. The number of nitrogens with zero attached hydrogens (tertiary/aromatic N) is 2. The fourth-order valence-corrected chi connectivity index (χ4v) is 3.63. The molecule has 6 nitrogen and oxygen atoms in total. The first-order chi connectivity index (χ1) is 12.1. The maximum absolute atomic E-state index is 12.6. The van der Waals surface area contributed by atoms with Gasteiger partial charge in [-0.05, 0) is 62.4 Å². The third kappa shape index (κ3) is 4.72. The second kappa shape index (κ2) is 8.34. The van der Waals surface area contributed by atoms with Crippen LogP contribution in [0.5, 0.6) is 0 Å². The minimum absolute atomic E-state index is 0.0900. The van der Waals surface area contributed by atoms with Gasteiger partial charge in [0.2, 0.25) is 0 Å². The number of hydrogen-bond donors (Lipinski definition) is 2. The Labute approximate surface area is 148 Å². The molecule has 1 aromatic rings. The minimum atomic E-state index is -0.789. The van der Waals surface area contributed by atoms with Crippen molar-refractivity contribution in [1.82, 2.24) is 10.2 Å². The summed E-state index contributed by atoms with van der Waals surface area (Å²) >= 11 is 0. The van der Waals surface area contributed by atoms with E-state index in [1.54, 1.807) is 0 Å². The molecule has 0 radical (unpaired) electrons. The third-order valence-electron chi connectivity index (χ3n) is 5.24. The number of carboxylic acids is 1. The van der Waals surface area contributed by atoms with Crippen molar-refractivity contribution in [1.29, 1.82) is 0 Å². The first kappa shape index (κ1) is 17.7. The molecule has 2 amide bonds. The summed E-state index contributed by atoms with van der Waals surface area (Å²) in [6.07, 6.45) is 4.17. The fraction of sp³-hybridized carbons (Fsp3) is 0.579. The molecule has 0 aromatic heterocycles. The van der Waals surface area contributed by atoms with Crippen molar-refractivity contribution in [2.75, 3.05) is 37.6 Å². The van der Waals surface area contributed by atoms with E-state index >= 15 is 0 Å². The smallest absolute Gasteiger partial charge is 0.324 e. The van der Waals surface area contributed by atoms with Gasteiger partial charge >= 0.3 is 12.0 Å². The fourth-order valence-electron chi connectivity index (χ4n) is 3.63. The van der Waals surface area contributed by atoms with Crippen LogP contribution in [0, 0.1) is 5.92 Å². The summed E-state index contributed by atoms with van der Waals surface area (Å²) in [4.78, 5) is 27.1. The Bertz CT molecular complexity index is 596. The van der Waals surface area contributed by atoms with Gasteiger partial charge < -0.3 is 15.3 Å². The van der Waals surface area contributed by atoms with E-state index < -0.39 is 5.97 Å². The summed E-state index contributed by atoms with van der Waals surface area (Å²) in [6, 6.07) is 7.77. The summed E-state index contributed by atoms with van der Waals surface area (Å²) in [5, 5.41) is 12.1. The number of urea groups is 1. The highest BCUT2D eigenvalue weighted by Gasteiger charge is 2.29. The van der Waals surface area contributed by atoms with Crippen LogP contribution in [0.3, 0.4) is 0 Å². The average molecular weight is 345 g/mol. The SMILES string of the molecule is O=C(O)CCc1ccc(N2CCN(CCC3CCNCC3)C2=O)cc1. The average Bonchev–Trinajstić information content (AvgIpc) is 3.00. The van der Waals surface area contributed by atoms with Gasteiger partial charge in [0.15, 0.2) is 0 Å². The molecule has 0 atom stereocenters. The van der Waals surface area contributed by atoms with Crippen LogP contribution in [-0.2, 0) is 11.2 Å². The van der Waals surface area contributed by atoms with Crippen LogP contribution in [0.4, 0.5) is 10.5 Å². The van der Waals surface area contributed by atoms with Crippen molar-refractivity contribution in [2.24, 2.45) is 5.92 Å². The maximum atomic E-state index is 12.6. The highest BCUT2D eigenvalue weighted by Crippen LogP contribution is 2.23. The molecule has 2 aliphatic rings. The lowest BCUT2D eigenvalue weighted by atomic mass is 9.94. The van der Waals surface area contributed by atoms with Crippen molar-refractivity contribution in [3.63, 3.8) is 0 Å². The Morgan fingerprint density at radius 3 is 2.56 bits per heavy atom. The van der Waals surface area contributed by atoms with E-state index in [0.717, 1.165) is 56.3 Å². The second-order valence-electron chi connectivity index (χ2n) is 6.96. The molecule has 1 aromatic carbocycles. The highest BCUT2D eigenvalue weighted by atomic mass is 16.4. The zero-order valence-corrected chi connectivity index (χ0v) is 14.6. The molecule has 136 valence electrons. The molecule has 3 rings (SSSR count). The van der Waals surface area contributed by atoms with E-state index in [4.69, 9.17) is 5.11 Å². The number of amides is 2. The van der Waals surface area contributed by atoms with Crippen molar-refractivity contribution < 1.29 is 14.7 Å². The normalized spacial score (nSPS) is 18.8. The molecule has 2 fully saturated rings. The van der Waals surface area contributed by atoms with E-state index in [9.17, 15) is 9.59 Å². The van der Waals surface area contributed by atoms with Crippen molar-refractivity contribution in [2.45, 2.75) is 32.1 Å². The number of hydrogen-bond acceptors (Lipinski definition) is 3. The van der Waals surface area contributed by atoms with Crippen LogP contribution in [0.25, 0.3) is 0 Å². The van der Waals surface area contributed by atoms with Crippen LogP contribution in [0.15, 0.2) is 24.3 Å². The van der Waals surface area contributed by atoms with Crippen LogP contribution >= 0.6 is 0 Å². The first-order valence-corrected chi connectivity index (χ1v) is 9.21. The van der Waals surface area contributed by atoms with Gasteiger partial charge in [-0.2, -0.15) is 0 Å². The molecule has 0 aliphatic carbocycles. The van der Waals surface area contributed by atoms with E-state index in [-0.39, 0.29) is 12.5 Å². The number of rotatable bonds is 7. The zero-order chi connectivity index (χ0) is 17.6. The lowest BCUT2D eigenvalue weighted by Gasteiger charge is -2.25. The molecule has 0 bridgehead atoms. The van der Waals surface area contributed by atoms with Crippen LogP contribution < -0.4 is 10.2 Å². The number of aryl methyl sites for hydroxylation is 1. The molecule has 0 spiro atoms. The van der Waals surface area contributed by atoms with Gasteiger partial charge in [-0.15, -0.1) is 0 Å². The van der Waals surface area contributed by atoms with E-state index in [1.807, 2.05) is 34.1 Å². The zero-order valence-electron chi connectivity index (χ0n) is 14.6. The monoisotopic (exact) mass is 345 g/mol. The number of anilines is 1. The van der Waals surface area contributed by atoms with E-state index in [1.165, 1.54) is 12.8 Å². The summed E-state index contributed by atoms with van der Waals surface area (Å²) in [6.45, 7) is 4.54. The molecule has 0 unspecified atom stereocenters. The molecule has 6 heteroatoms. The Kier molecular flexibility index (Phi) is 5.91. The highest BCUT2D eigenvalue weighted by molar-refractivity contribution is 5.94. The minimum Gasteiger partial charge on any atom is -0.481 e. The van der Waals surface area contributed by atoms with Crippen LogP contribution in [-0.4, -0.2) is 54.7 Å². The predicted octanol–water partition coefficient (Wildman–Crippen LogP) is 2.34. The quantitative estimate of drug-likeness (QED) is 0.795. The molecule has 0 saturated carbocycles. The second-order valence-corrected chi connectivity index (χ2v) is 6.96. The summed E-state index contributed by atoms with van der Waals surface area (Å²) in [5.74, 6) is -0.0557. The van der Waals surface area contributed by atoms with Gasteiger partial charge in [-0.3, -0.25) is 9.69 Å². The number of nitrogens with one attached hydrogen (secondary N) is 1. The Morgan fingerprint density at radius 2 is 1.88 bits per heavy atom. The van der Waals surface area contributed by atoms with Gasteiger partial charge in [0.05, 0.1) is 0 Å². The van der Waals surface area contributed by atoms with Gasteiger partial charge in [-0.25, -0.2) is 4.79 Å². The Morgan fingerprint density at radius 1 is 1.16 bits per heavy atom.